The number of hydrogen-bond acceptors (Lipinski definition) is 4. The monoisotopic (exact) mass is 291 g/mol. The highest BCUT2D eigenvalue weighted by molar-refractivity contribution is 5.86. The molecule has 0 saturated heterocycles. The molecule has 1 N–H and O–H groups in total. The minimum atomic E-state index is -1.03. The van der Waals surface area contributed by atoms with Gasteiger partial charge < -0.3 is 5.11 Å². The summed E-state index contributed by atoms with van der Waals surface area (Å²) in [5.74, 6) is -0.699. The first kappa shape index (κ1) is 15.2. The Morgan fingerprint density at radius 2 is 2.10 bits per heavy atom. The number of carboxylic acid groups (broad SMARTS) is 1. The van der Waals surface area contributed by atoms with E-state index in [1.165, 1.54) is 0 Å². The van der Waals surface area contributed by atoms with Crippen LogP contribution in [-0.2, 0) is 19.5 Å². The second-order valence-corrected chi connectivity index (χ2v) is 5.54. The molecule has 2 heterocycles. The summed E-state index contributed by atoms with van der Waals surface area (Å²) in [7, 11) is 0. The van der Waals surface area contributed by atoms with Crippen molar-refractivity contribution in [1.29, 1.82) is 0 Å². The van der Waals surface area contributed by atoms with Gasteiger partial charge in [0.2, 0.25) is 0 Å². The lowest BCUT2D eigenvalue weighted by Gasteiger charge is -2.10. The van der Waals surface area contributed by atoms with E-state index in [0.717, 1.165) is 17.9 Å². The maximum Gasteiger partial charge on any atom is 0.358 e. The molecule has 0 saturated carbocycles. The summed E-state index contributed by atoms with van der Waals surface area (Å²) >= 11 is 0. The van der Waals surface area contributed by atoms with Gasteiger partial charge in [-0.1, -0.05) is 19.1 Å². The first-order valence-electron chi connectivity index (χ1n) is 7.11. The summed E-state index contributed by atoms with van der Waals surface area (Å²) in [6.07, 6.45) is 0.633. The molecule has 0 aromatic carbocycles. The van der Waals surface area contributed by atoms with E-state index in [4.69, 9.17) is 0 Å². The molecule has 0 aliphatic heterocycles. The number of carbonyl (C=O) groups is 1. The summed E-state index contributed by atoms with van der Waals surface area (Å²) in [4.78, 5) is 11.3. The molecular formula is C14H21N5O2. The van der Waals surface area contributed by atoms with Crippen molar-refractivity contribution in [1.82, 2.24) is 24.8 Å². The second kappa shape index (κ2) is 6.07. The van der Waals surface area contributed by atoms with Crippen molar-refractivity contribution in [2.45, 2.75) is 47.2 Å². The van der Waals surface area contributed by atoms with Crippen molar-refractivity contribution >= 4 is 5.97 Å². The van der Waals surface area contributed by atoms with Crippen LogP contribution in [0.25, 0.3) is 0 Å². The summed E-state index contributed by atoms with van der Waals surface area (Å²) in [5.41, 5.74) is 2.65. The minimum Gasteiger partial charge on any atom is -0.476 e. The van der Waals surface area contributed by atoms with Gasteiger partial charge in [0.15, 0.2) is 5.69 Å². The van der Waals surface area contributed by atoms with Crippen molar-refractivity contribution in [3.63, 3.8) is 0 Å². The predicted molar refractivity (Wildman–Crippen MR) is 77.3 cm³/mol. The van der Waals surface area contributed by atoms with E-state index >= 15 is 0 Å². The predicted octanol–water partition coefficient (Wildman–Crippen LogP) is 1.75. The average molecular weight is 291 g/mol. The van der Waals surface area contributed by atoms with Crippen LogP contribution in [0.4, 0.5) is 0 Å². The van der Waals surface area contributed by atoms with E-state index in [1.54, 1.807) is 4.68 Å². The Bertz CT molecular complexity index is 642. The van der Waals surface area contributed by atoms with Gasteiger partial charge in [-0.15, -0.1) is 5.10 Å². The number of rotatable bonds is 6. The summed E-state index contributed by atoms with van der Waals surface area (Å²) in [5, 5.41) is 21.5. The fraction of sp³-hybridized carbons (Fsp3) is 0.571. The first-order chi connectivity index (χ1) is 9.92. The van der Waals surface area contributed by atoms with Crippen molar-refractivity contribution in [3.8, 4) is 0 Å². The molecule has 7 heteroatoms. The highest BCUT2D eigenvalue weighted by Crippen LogP contribution is 2.14. The number of hydrogen-bond donors (Lipinski definition) is 1. The zero-order chi connectivity index (χ0) is 15.6. The normalized spacial score (nSPS) is 11.3. The van der Waals surface area contributed by atoms with E-state index in [1.807, 2.05) is 38.4 Å². The van der Waals surface area contributed by atoms with Crippen LogP contribution >= 0.6 is 0 Å². The molecule has 2 rings (SSSR count). The Hall–Kier alpha value is -2.18. The van der Waals surface area contributed by atoms with Crippen LogP contribution in [0.15, 0.2) is 6.07 Å². The smallest absolute Gasteiger partial charge is 0.358 e. The Balaban J connectivity index is 2.37. The standard InChI is InChI=1S/C14H21N5O2/c1-5-18-11(7-10(4)16-18)8-19-12(6-9(2)3)13(14(20)21)15-17-19/h7,9H,5-6,8H2,1-4H3,(H,20,21). The van der Waals surface area contributed by atoms with Crippen molar-refractivity contribution in [3.05, 3.63) is 28.8 Å². The molecule has 21 heavy (non-hydrogen) atoms. The molecule has 2 aromatic rings. The maximum atomic E-state index is 11.3. The van der Waals surface area contributed by atoms with Crippen LogP contribution in [0, 0.1) is 12.8 Å². The van der Waals surface area contributed by atoms with Gasteiger partial charge in [0, 0.05) is 6.54 Å². The van der Waals surface area contributed by atoms with E-state index < -0.39 is 5.97 Å². The first-order valence-corrected chi connectivity index (χ1v) is 7.11. The van der Waals surface area contributed by atoms with Gasteiger partial charge in [-0.25, -0.2) is 9.48 Å². The number of aromatic carboxylic acids is 1. The largest absolute Gasteiger partial charge is 0.476 e. The summed E-state index contributed by atoms with van der Waals surface area (Å²) in [6, 6.07) is 1.99. The topological polar surface area (TPSA) is 85.8 Å². The lowest BCUT2D eigenvalue weighted by atomic mass is 10.1. The third-order valence-electron chi connectivity index (χ3n) is 3.24. The van der Waals surface area contributed by atoms with Gasteiger partial charge in [0.25, 0.3) is 0 Å². The number of nitrogens with zero attached hydrogens (tertiary/aromatic N) is 5. The van der Waals surface area contributed by atoms with Crippen molar-refractivity contribution in [2.75, 3.05) is 0 Å². The Morgan fingerprint density at radius 3 is 2.67 bits per heavy atom. The van der Waals surface area contributed by atoms with Gasteiger partial charge in [-0.3, -0.25) is 4.68 Å². The Kier molecular flexibility index (Phi) is 4.40. The SMILES string of the molecule is CCn1nc(C)cc1Cn1nnc(C(=O)O)c1CC(C)C. The molecule has 114 valence electrons. The molecule has 0 atom stereocenters. The quantitative estimate of drug-likeness (QED) is 0.876. The molecule has 0 aliphatic carbocycles. The number of aryl methyl sites for hydroxylation is 2. The lowest BCUT2D eigenvalue weighted by Crippen LogP contribution is -2.14. The molecule has 0 fully saturated rings. The molecule has 7 nitrogen and oxygen atoms in total. The summed E-state index contributed by atoms with van der Waals surface area (Å²) < 4.78 is 3.57. The van der Waals surface area contributed by atoms with Gasteiger partial charge in [0.05, 0.1) is 23.6 Å². The molecule has 0 spiro atoms. The molecule has 0 radical (unpaired) electrons. The van der Waals surface area contributed by atoms with E-state index in [2.05, 4.69) is 15.4 Å². The molecule has 0 bridgehead atoms. The zero-order valence-corrected chi connectivity index (χ0v) is 12.9. The Labute approximate surface area is 123 Å². The van der Waals surface area contributed by atoms with Gasteiger partial charge >= 0.3 is 5.97 Å². The molecule has 0 amide bonds. The molecular weight excluding hydrogens is 270 g/mol. The average Bonchev–Trinajstić information content (AvgIpc) is 2.93. The van der Waals surface area contributed by atoms with Crippen LogP contribution in [0.2, 0.25) is 0 Å². The van der Waals surface area contributed by atoms with Gasteiger partial charge in [-0.2, -0.15) is 5.10 Å². The van der Waals surface area contributed by atoms with E-state index in [9.17, 15) is 9.90 Å². The summed E-state index contributed by atoms with van der Waals surface area (Å²) in [6.45, 7) is 9.30. The fourth-order valence-electron chi connectivity index (χ4n) is 2.37. The Morgan fingerprint density at radius 1 is 1.38 bits per heavy atom. The van der Waals surface area contributed by atoms with Crippen LogP contribution in [0.3, 0.4) is 0 Å². The van der Waals surface area contributed by atoms with Gasteiger partial charge in [-0.05, 0) is 32.3 Å². The lowest BCUT2D eigenvalue weighted by molar-refractivity contribution is 0.0689. The third-order valence-corrected chi connectivity index (χ3v) is 3.24. The van der Waals surface area contributed by atoms with Crippen LogP contribution in [-0.4, -0.2) is 35.9 Å². The maximum absolute atomic E-state index is 11.3. The highest BCUT2D eigenvalue weighted by Gasteiger charge is 2.20. The molecule has 0 aliphatic rings. The van der Waals surface area contributed by atoms with Crippen LogP contribution < -0.4 is 0 Å². The van der Waals surface area contributed by atoms with Crippen molar-refractivity contribution < 1.29 is 9.90 Å². The molecule has 0 unspecified atom stereocenters. The minimum absolute atomic E-state index is 0.0444. The van der Waals surface area contributed by atoms with E-state index in [-0.39, 0.29) is 5.69 Å². The third kappa shape index (κ3) is 3.29. The van der Waals surface area contributed by atoms with Crippen molar-refractivity contribution in [2.24, 2.45) is 5.92 Å². The number of aromatic nitrogens is 5. The van der Waals surface area contributed by atoms with Gasteiger partial charge in [0.1, 0.15) is 0 Å². The van der Waals surface area contributed by atoms with Crippen LogP contribution in [0.1, 0.15) is 48.3 Å². The zero-order valence-electron chi connectivity index (χ0n) is 12.9. The number of carboxylic acids is 1. The highest BCUT2D eigenvalue weighted by atomic mass is 16.4. The van der Waals surface area contributed by atoms with E-state index in [0.29, 0.717) is 24.6 Å². The molecule has 2 aromatic heterocycles. The van der Waals surface area contributed by atoms with Crippen LogP contribution in [0.5, 0.6) is 0 Å². The fourth-order valence-corrected chi connectivity index (χ4v) is 2.37. The second-order valence-electron chi connectivity index (χ2n) is 5.54.